The van der Waals surface area contributed by atoms with Gasteiger partial charge in [0.15, 0.2) is 0 Å². The van der Waals surface area contributed by atoms with Crippen LogP contribution in [0.4, 0.5) is 11.4 Å². The third-order valence-electron chi connectivity index (χ3n) is 4.94. The average molecular weight is 368 g/mol. The fourth-order valence-electron chi connectivity index (χ4n) is 3.67. The number of nitro benzene ring substituents is 1. The highest BCUT2D eigenvalue weighted by molar-refractivity contribution is 5.86. The van der Waals surface area contributed by atoms with Crippen LogP contribution < -0.4 is 5.32 Å². The van der Waals surface area contributed by atoms with Gasteiger partial charge in [0.05, 0.1) is 21.5 Å². The minimum atomic E-state index is -0.360. The molecule has 0 amide bonds. The van der Waals surface area contributed by atoms with Gasteiger partial charge in [-0.3, -0.25) is 14.7 Å². The second kappa shape index (κ2) is 6.35. The van der Waals surface area contributed by atoms with Crippen LogP contribution >= 0.6 is 0 Å². The molecule has 0 saturated heterocycles. The van der Waals surface area contributed by atoms with Crippen LogP contribution in [0.5, 0.6) is 0 Å². The third-order valence-corrected chi connectivity index (χ3v) is 4.94. The average Bonchev–Trinajstić information content (AvgIpc) is 3.12. The molecule has 1 aliphatic rings. The van der Waals surface area contributed by atoms with Crippen molar-refractivity contribution in [3.8, 4) is 11.4 Å². The quantitative estimate of drug-likeness (QED) is 0.396. The first-order valence-corrected chi connectivity index (χ1v) is 8.97. The zero-order valence-electron chi connectivity index (χ0n) is 14.8. The SMILES string of the molecule is O=[N+]([O-])c1ccccc1/C=C/[C@H]1Nc2ccccc2-c2nc3ccccc3n21. The van der Waals surface area contributed by atoms with Gasteiger partial charge in [-0.05, 0) is 42.5 Å². The van der Waals surface area contributed by atoms with Crippen LogP contribution in [0, 0.1) is 10.1 Å². The maximum Gasteiger partial charge on any atom is 0.276 e. The molecular weight excluding hydrogens is 352 g/mol. The molecular formula is C22H16N4O2. The van der Waals surface area contributed by atoms with Crippen molar-refractivity contribution < 1.29 is 4.92 Å². The minimum absolute atomic E-state index is 0.0886. The second-order valence-corrected chi connectivity index (χ2v) is 6.60. The van der Waals surface area contributed by atoms with Gasteiger partial charge in [-0.15, -0.1) is 0 Å². The summed E-state index contributed by atoms with van der Waals surface area (Å²) in [5.74, 6) is 0.882. The van der Waals surface area contributed by atoms with Gasteiger partial charge in [-0.2, -0.15) is 0 Å². The fraction of sp³-hybridized carbons (Fsp3) is 0.0455. The largest absolute Gasteiger partial charge is 0.361 e. The summed E-state index contributed by atoms with van der Waals surface area (Å²) in [5, 5.41) is 14.8. The second-order valence-electron chi connectivity index (χ2n) is 6.60. The summed E-state index contributed by atoms with van der Waals surface area (Å²) in [7, 11) is 0. The van der Waals surface area contributed by atoms with E-state index in [1.54, 1.807) is 24.3 Å². The zero-order chi connectivity index (χ0) is 19.1. The number of nitrogens with zero attached hydrogens (tertiary/aromatic N) is 3. The standard InChI is InChI=1S/C22H16N4O2/c27-26(28)19-11-5-1-7-15(19)13-14-21-23-17-9-3-2-8-16(17)22-24-18-10-4-6-12-20(18)25(21)22/h1-14,21,23H/b14-13+/t21-/m0/s1. The lowest BCUT2D eigenvalue weighted by molar-refractivity contribution is -0.385. The Hall–Kier alpha value is -3.93. The fourth-order valence-corrected chi connectivity index (χ4v) is 3.67. The molecule has 0 unspecified atom stereocenters. The number of hydrogen-bond acceptors (Lipinski definition) is 4. The topological polar surface area (TPSA) is 73.0 Å². The van der Waals surface area contributed by atoms with Gasteiger partial charge in [0.2, 0.25) is 0 Å². The predicted molar refractivity (Wildman–Crippen MR) is 110 cm³/mol. The molecule has 0 radical (unpaired) electrons. The summed E-state index contributed by atoms with van der Waals surface area (Å²) in [5.41, 5.74) is 4.61. The number of imidazole rings is 1. The summed E-state index contributed by atoms with van der Waals surface area (Å²) in [6.45, 7) is 0. The molecule has 4 aromatic rings. The van der Waals surface area contributed by atoms with Gasteiger partial charge in [0.25, 0.3) is 5.69 Å². The smallest absolute Gasteiger partial charge is 0.276 e. The molecule has 136 valence electrons. The van der Waals surface area contributed by atoms with E-state index in [4.69, 9.17) is 4.98 Å². The molecule has 2 heterocycles. The van der Waals surface area contributed by atoms with E-state index in [2.05, 4.69) is 9.88 Å². The van der Waals surface area contributed by atoms with Crippen LogP contribution in [0.15, 0.2) is 78.9 Å². The van der Waals surface area contributed by atoms with E-state index < -0.39 is 0 Å². The third kappa shape index (κ3) is 2.54. The zero-order valence-corrected chi connectivity index (χ0v) is 14.8. The van der Waals surface area contributed by atoms with Crippen LogP contribution in [0.3, 0.4) is 0 Å². The molecule has 0 aliphatic carbocycles. The van der Waals surface area contributed by atoms with Crippen LogP contribution in [0.2, 0.25) is 0 Å². The molecule has 1 aromatic heterocycles. The Morgan fingerprint density at radius 2 is 1.75 bits per heavy atom. The Kier molecular flexibility index (Phi) is 3.69. The summed E-state index contributed by atoms with van der Waals surface area (Å²) in [6, 6.07) is 22.8. The lowest BCUT2D eigenvalue weighted by Crippen LogP contribution is -2.21. The number of rotatable bonds is 3. The molecule has 0 fully saturated rings. The van der Waals surface area contributed by atoms with E-state index in [0.717, 1.165) is 28.1 Å². The number of nitro groups is 1. The molecule has 0 bridgehead atoms. The first kappa shape index (κ1) is 16.3. The van der Waals surface area contributed by atoms with Gasteiger partial charge in [-0.1, -0.05) is 36.4 Å². The lowest BCUT2D eigenvalue weighted by Gasteiger charge is -2.27. The number of hydrogen-bond donors (Lipinski definition) is 1. The molecule has 1 atom stereocenters. The van der Waals surface area contributed by atoms with Crippen LogP contribution in [-0.4, -0.2) is 14.5 Å². The predicted octanol–water partition coefficient (Wildman–Crippen LogP) is 5.25. The monoisotopic (exact) mass is 368 g/mol. The van der Waals surface area contributed by atoms with Gasteiger partial charge >= 0.3 is 0 Å². The van der Waals surface area contributed by atoms with E-state index in [-0.39, 0.29) is 16.8 Å². The van der Waals surface area contributed by atoms with Crippen molar-refractivity contribution in [1.82, 2.24) is 9.55 Å². The molecule has 6 nitrogen and oxygen atoms in total. The van der Waals surface area contributed by atoms with Crippen molar-refractivity contribution in [2.24, 2.45) is 0 Å². The summed E-state index contributed by atoms with van der Waals surface area (Å²) < 4.78 is 2.13. The first-order valence-electron chi connectivity index (χ1n) is 8.97. The van der Waals surface area contributed by atoms with E-state index in [0.29, 0.717) is 5.56 Å². The maximum absolute atomic E-state index is 11.3. The molecule has 1 N–H and O–H groups in total. The Labute approximate surface area is 160 Å². The van der Waals surface area contributed by atoms with Gasteiger partial charge in [0.1, 0.15) is 12.0 Å². The molecule has 5 rings (SSSR count). The number of nitrogens with one attached hydrogen (secondary N) is 1. The highest BCUT2D eigenvalue weighted by Crippen LogP contribution is 2.38. The molecule has 0 spiro atoms. The summed E-state index contributed by atoms with van der Waals surface area (Å²) in [6.07, 6.45) is 3.52. The van der Waals surface area contributed by atoms with Crippen molar-refractivity contribution in [2.75, 3.05) is 5.32 Å². The van der Waals surface area contributed by atoms with Gasteiger partial charge in [-0.25, -0.2) is 4.98 Å². The van der Waals surface area contributed by atoms with Crippen molar-refractivity contribution in [3.05, 3.63) is 94.6 Å². The maximum atomic E-state index is 11.3. The van der Waals surface area contributed by atoms with Gasteiger partial charge in [0, 0.05) is 17.3 Å². The highest BCUT2D eigenvalue weighted by Gasteiger charge is 2.25. The molecule has 6 heteroatoms. The minimum Gasteiger partial charge on any atom is -0.361 e. The molecule has 0 saturated carbocycles. The number of benzene rings is 3. The number of para-hydroxylation sites is 4. The normalized spacial score (nSPS) is 15.2. The Morgan fingerprint density at radius 3 is 2.64 bits per heavy atom. The Bertz CT molecular complexity index is 1240. The Balaban J connectivity index is 1.66. The highest BCUT2D eigenvalue weighted by atomic mass is 16.6. The van der Waals surface area contributed by atoms with Crippen molar-refractivity contribution in [2.45, 2.75) is 6.17 Å². The number of anilines is 1. The van der Waals surface area contributed by atoms with Crippen LogP contribution in [-0.2, 0) is 0 Å². The summed E-state index contributed by atoms with van der Waals surface area (Å²) >= 11 is 0. The Morgan fingerprint density at radius 1 is 1.00 bits per heavy atom. The van der Waals surface area contributed by atoms with Gasteiger partial charge < -0.3 is 5.32 Å². The summed E-state index contributed by atoms with van der Waals surface area (Å²) in [4.78, 5) is 15.8. The number of fused-ring (bicyclic) bond motifs is 5. The molecule has 1 aliphatic heterocycles. The van der Waals surface area contributed by atoms with E-state index in [1.165, 1.54) is 6.07 Å². The van der Waals surface area contributed by atoms with Crippen molar-refractivity contribution >= 4 is 28.5 Å². The molecule has 28 heavy (non-hydrogen) atoms. The van der Waals surface area contributed by atoms with Crippen molar-refractivity contribution in [3.63, 3.8) is 0 Å². The lowest BCUT2D eigenvalue weighted by atomic mass is 10.1. The van der Waals surface area contributed by atoms with E-state index in [9.17, 15) is 10.1 Å². The van der Waals surface area contributed by atoms with Crippen LogP contribution in [0.1, 0.15) is 11.7 Å². The molecule has 3 aromatic carbocycles. The van der Waals surface area contributed by atoms with E-state index in [1.807, 2.05) is 54.6 Å². The van der Waals surface area contributed by atoms with E-state index >= 15 is 0 Å². The first-order chi connectivity index (χ1) is 13.7. The van der Waals surface area contributed by atoms with Crippen molar-refractivity contribution in [1.29, 1.82) is 0 Å². The number of aromatic nitrogens is 2. The van der Waals surface area contributed by atoms with Crippen LogP contribution in [0.25, 0.3) is 28.5 Å².